The van der Waals surface area contributed by atoms with Gasteiger partial charge in [-0.05, 0) is 17.5 Å². The van der Waals surface area contributed by atoms with E-state index in [1.165, 1.54) is 5.56 Å². The number of nitrogens with zero attached hydrogens (tertiary/aromatic N) is 2. The van der Waals surface area contributed by atoms with Crippen LogP contribution in [0.1, 0.15) is 31.7 Å². The van der Waals surface area contributed by atoms with Crippen LogP contribution in [0.2, 0.25) is 0 Å². The highest BCUT2D eigenvalue weighted by atomic mass is 15.2. The van der Waals surface area contributed by atoms with Crippen LogP contribution < -0.4 is 5.32 Å². The van der Waals surface area contributed by atoms with Crippen molar-refractivity contribution in [2.75, 3.05) is 13.1 Å². The standard InChI is InChI=1S/C12H17N3/c1-10(2)11-3-6-15(7-11)12(4-5-13)8-14-9-12/h3,6-7,10,14H,4,8-9H2,1-2H3. The molecule has 0 aromatic carbocycles. The summed E-state index contributed by atoms with van der Waals surface area (Å²) in [6, 6.07) is 4.44. The molecule has 1 fully saturated rings. The van der Waals surface area contributed by atoms with Gasteiger partial charge >= 0.3 is 0 Å². The number of aromatic nitrogens is 1. The Labute approximate surface area is 90.7 Å². The molecule has 1 aromatic heterocycles. The van der Waals surface area contributed by atoms with Gasteiger partial charge < -0.3 is 9.88 Å². The molecule has 0 atom stereocenters. The fourth-order valence-corrected chi connectivity index (χ4v) is 2.01. The van der Waals surface area contributed by atoms with Crippen LogP contribution in [-0.2, 0) is 5.54 Å². The van der Waals surface area contributed by atoms with E-state index in [-0.39, 0.29) is 5.54 Å². The number of hydrogen-bond acceptors (Lipinski definition) is 2. The molecule has 3 heteroatoms. The summed E-state index contributed by atoms with van der Waals surface area (Å²) in [7, 11) is 0. The predicted octanol–water partition coefficient (Wildman–Crippen LogP) is 1.82. The zero-order valence-corrected chi connectivity index (χ0v) is 9.33. The van der Waals surface area contributed by atoms with Crippen molar-refractivity contribution >= 4 is 0 Å². The summed E-state index contributed by atoms with van der Waals surface area (Å²) in [5.74, 6) is 0.554. The third-order valence-electron chi connectivity index (χ3n) is 3.25. The van der Waals surface area contributed by atoms with Crippen LogP contribution in [0.4, 0.5) is 0 Å². The minimum atomic E-state index is 0.0158. The summed E-state index contributed by atoms with van der Waals surface area (Å²) in [4.78, 5) is 0. The van der Waals surface area contributed by atoms with Gasteiger partial charge in [0, 0.05) is 25.5 Å². The number of nitrogens with one attached hydrogen (secondary N) is 1. The average Bonchev–Trinajstić information content (AvgIpc) is 2.60. The summed E-state index contributed by atoms with van der Waals surface area (Å²) in [5.41, 5.74) is 1.36. The smallest absolute Gasteiger partial charge is 0.0817 e. The number of nitriles is 1. The highest BCUT2D eigenvalue weighted by Crippen LogP contribution is 2.27. The Hall–Kier alpha value is -1.27. The molecular formula is C12H17N3. The van der Waals surface area contributed by atoms with E-state index >= 15 is 0 Å². The maximum atomic E-state index is 8.85. The zero-order valence-electron chi connectivity index (χ0n) is 9.33. The second-order valence-electron chi connectivity index (χ2n) is 4.67. The molecule has 1 aliphatic rings. The summed E-state index contributed by atoms with van der Waals surface area (Å²) >= 11 is 0. The molecule has 2 rings (SSSR count). The molecule has 0 saturated carbocycles. The molecule has 0 bridgehead atoms. The molecule has 0 radical (unpaired) electrons. The molecular weight excluding hydrogens is 186 g/mol. The Morgan fingerprint density at radius 2 is 2.33 bits per heavy atom. The van der Waals surface area contributed by atoms with Gasteiger partial charge in [0.05, 0.1) is 18.0 Å². The van der Waals surface area contributed by atoms with Crippen LogP contribution >= 0.6 is 0 Å². The molecule has 1 saturated heterocycles. The van der Waals surface area contributed by atoms with Crippen molar-refractivity contribution in [3.63, 3.8) is 0 Å². The van der Waals surface area contributed by atoms with E-state index in [1.807, 2.05) is 0 Å². The van der Waals surface area contributed by atoms with Gasteiger partial charge in [0.15, 0.2) is 0 Å². The van der Waals surface area contributed by atoms with Gasteiger partial charge in [-0.1, -0.05) is 13.8 Å². The van der Waals surface area contributed by atoms with Crippen LogP contribution in [0.15, 0.2) is 18.5 Å². The highest BCUT2D eigenvalue weighted by molar-refractivity contribution is 5.18. The number of rotatable bonds is 3. The maximum absolute atomic E-state index is 8.85. The molecule has 1 N–H and O–H groups in total. The minimum Gasteiger partial charge on any atom is -0.344 e. The van der Waals surface area contributed by atoms with E-state index in [1.54, 1.807) is 0 Å². The summed E-state index contributed by atoms with van der Waals surface area (Å²) < 4.78 is 2.21. The van der Waals surface area contributed by atoms with Crippen LogP contribution in [-0.4, -0.2) is 17.7 Å². The van der Waals surface area contributed by atoms with Crippen LogP contribution in [0, 0.1) is 11.3 Å². The third kappa shape index (κ3) is 1.66. The Bertz CT molecular complexity index is 380. The lowest BCUT2D eigenvalue weighted by Crippen LogP contribution is -2.60. The fraction of sp³-hybridized carbons (Fsp3) is 0.583. The van der Waals surface area contributed by atoms with Crippen LogP contribution in [0.3, 0.4) is 0 Å². The molecule has 1 aromatic rings. The SMILES string of the molecule is CC(C)c1ccn(C2(CC#N)CNC2)c1. The summed E-state index contributed by atoms with van der Waals surface area (Å²) in [6.45, 7) is 6.20. The van der Waals surface area contributed by atoms with Gasteiger partial charge in [-0.15, -0.1) is 0 Å². The predicted molar refractivity (Wildman–Crippen MR) is 59.6 cm³/mol. The Morgan fingerprint density at radius 3 is 2.73 bits per heavy atom. The van der Waals surface area contributed by atoms with E-state index < -0.39 is 0 Å². The molecule has 15 heavy (non-hydrogen) atoms. The molecule has 0 unspecified atom stereocenters. The second kappa shape index (κ2) is 3.71. The van der Waals surface area contributed by atoms with Gasteiger partial charge in [-0.3, -0.25) is 0 Å². The van der Waals surface area contributed by atoms with Crippen LogP contribution in [0.5, 0.6) is 0 Å². The molecule has 3 nitrogen and oxygen atoms in total. The van der Waals surface area contributed by atoms with E-state index in [0.717, 1.165) is 13.1 Å². The molecule has 1 aliphatic heterocycles. The molecule has 0 aliphatic carbocycles. The molecule has 0 amide bonds. The summed E-state index contributed by atoms with van der Waals surface area (Å²) in [5, 5.41) is 12.1. The maximum Gasteiger partial charge on any atom is 0.0817 e. The van der Waals surface area contributed by atoms with Crippen LogP contribution in [0.25, 0.3) is 0 Å². The summed E-state index contributed by atoms with van der Waals surface area (Å²) in [6.07, 6.45) is 4.88. The van der Waals surface area contributed by atoms with Gasteiger partial charge in [0.2, 0.25) is 0 Å². The first-order valence-corrected chi connectivity index (χ1v) is 5.44. The van der Waals surface area contributed by atoms with Gasteiger partial charge in [-0.25, -0.2) is 0 Å². The van der Waals surface area contributed by atoms with E-state index in [4.69, 9.17) is 5.26 Å². The second-order valence-corrected chi connectivity index (χ2v) is 4.67. The van der Waals surface area contributed by atoms with E-state index in [9.17, 15) is 0 Å². The van der Waals surface area contributed by atoms with Crippen molar-refractivity contribution in [3.05, 3.63) is 24.0 Å². The molecule has 2 heterocycles. The van der Waals surface area contributed by atoms with Crippen molar-refractivity contribution in [3.8, 4) is 6.07 Å². The van der Waals surface area contributed by atoms with Gasteiger partial charge in [-0.2, -0.15) is 5.26 Å². The first-order valence-electron chi connectivity index (χ1n) is 5.44. The Balaban J connectivity index is 2.24. The normalized spacial score (nSPS) is 18.5. The number of hydrogen-bond donors (Lipinski definition) is 1. The first kappa shape index (κ1) is 10.3. The van der Waals surface area contributed by atoms with Crippen molar-refractivity contribution < 1.29 is 0 Å². The van der Waals surface area contributed by atoms with Gasteiger partial charge in [0.25, 0.3) is 0 Å². The lowest BCUT2D eigenvalue weighted by molar-refractivity contribution is 0.180. The minimum absolute atomic E-state index is 0.0158. The van der Waals surface area contributed by atoms with E-state index in [0.29, 0.717) is 12.3 Å². The van der Waals surface area contributed by atoms with Crippen molar-refractivity contribution in [2.24, 2.45) is 0 Å². The first-order chi connectivity index (χ1) is 7.18. The fourth-order valence-electron chi connectivity index (χ4n) is 2.01. The van der Waals surface area contributed by atoms with Crippen molar-refractivity contribution in [2.45, 2.75) is 31.7 Å². The van der Waals surface area contributed by atoms with Crippen molar-refractivity contribution in [1.82, 2.24) is 9.88 Å². The largest absolute Gasteiger partial charge is 0.344 e. The average molecular weight is 203 g/mol. The van der Waals surface area contributed by atoms with Gasteiger partial charge in [0.1, 0.15) is 0 Å². The highest BCUT2D eigenvalue weighted by Gasteiger charge is 2.38. The molecule has 80 valence electrons. The molecule has 0 spiro atoms. The quantitative estimate of drug-likeness (QED) is 0.814. The zero-order chi connectivity index (χ0) is 10.9. The van der Waals surface area contributed by atoms with Crippen molar-refractivity contribution in [1.29, 1.82) is 5.26 Å². The topological polar surface area (TPSA) is 40.8 Å². The monoisotopic (exact) mass is 203 g/mol. The Kier molecular flexibility index (Phi) is 2.54. The lowest BCUT2D eigenvalue weighted by Gasteiger charge is -2.42. The van der Waals surface area contributed by atoms with E-state index in [2.05, 4.69) is 48.3 Å². The third-order valence-corrected chi connectivity index (χ3v) is 3.25. The lowest BCUT2D eigenvalue weighted by atomic mass is 9.89. The Morgan fingerprint density at radius 1 is 1.60 bits per heavy atom.